The minimum atomic E-state index is -1.38. The summed E-state index contributed by atoms with van der Waals surface area (Å²) in [6.45, 7) is 1.94. The van der Waals surface area contributed by atoms with Crippen LogP contribution in [0.5, 0.6) is 0 Å². The number of nitrogens with zero attached hydrogens (tertiary/aromatic N) is 1. The van der Waals surface area contributed by atoms with E-state index in [9.17, 15) is 19.5 Å². The van der Waals surface area contributed by atoms with E-state index in [0.717, 1.165) is 34.4 Å². The number of thioether (sulfide) groups is 1. The SMILES string of the molecule is CSCC[C@@H](NC(=O)OCC1c2ccccc2-c2ccccc21)C(=O)NC1(C(=O)O)CCN(Cc2ccccc2)CC1. The molecule has 1 aliphatic heterocycles. The van der Waals surface area contributed by atoms with Gasteiger partial charge in [0.2, 0.25) is 5.91 Å². The van der Waals surface area contributed by atoms with Gasteiger partial charge in [-0.2, -0.15) is 11.8 Å². The number of aliphatic carboxylic acids is 1. The zero-order valence-electron chi connectivity index (χ0n) is 23.8. The van der Waals surface area contributed by atoms with Crippen LogP contribution in [-0.4, -0.2) is 71.3 Å². The first-order valence-corrected chi connectivity index (χ1v) is 15.7. The van der Waals surface area contributed by atoms with Gasteiger partial charge in [0.25, 0.3) is 0 Å². The molecule has 0 aromatic heterocycles. The molecule has 0 unspecified atom stereocenters. The zero-order chi connectivity index (χ0) is 29.5. The molecule has 2 aliphatic rings. The third-order valence-electron chi connectivity index (χ3n) is 8.29. The molecule has 8 nitrogen and oxygen atoms in total. The summed E-state index contributed by atoms with van der Waals surface area (Å²) in [5.41, 5.74) is 4.25. The highest BCUT2D eigenvalue weighted by atomic mass is 32.2. The van der Waals surface area contributed by atoms with E-state index in [1.165, 1.54) is 0 Å². The Morgan fingerprint density at radius 2 is 1.55 bits per heavy atom. The zero-order valence-corrected chi connectivity index (χ0v) is 24.6. The van der Waals surface area contributed by atoms with Crippen molar-refractivity contribution in [1.82, 2.24) is 15.5 Å². The van der Waals surface area contributed by atoms with Gasteiger partial charge in [0.05, 0.1) is 0 Å². The number of hydrogen-bond acceptors (Lipinski definition) is 6. The van der Waals surface area contributed by atoms with Crippen LogP contribution in [0.15, 0.2) is 78.9 Å². The summed E-state index contributed by atoms with van der Waals surface area (Å²) in [4.78, 5) is 41.1. The van der Waals surface area contributed by atoms with Gasteiger partial charge in [0.15, 0.2) is 0 Å². The number of carbonyl (C=O) groups excluding carboxylic acids is 2. The smallest absolute Gasteiger partial charge is 0.407 e. The van der Waals surface area contributed by atoms with Crippen LogP contribution >= 0.6 is 11.8 Å². The summed E-state index contributed by atoms with van der Waals surface area (Å²) >= 11 is 1.55. The monoisotopic (exact) mass is 587 g/mol. The van der Waals surface area contributed by atoms with Crippen LogP contribution in [0.1, 0.15) is 41.9 Å². The number of amides is 2. The van der Waals surface area contributed by atoms with Crippen molar-refractivity contribution < 1.29 is 24.2 Å². The van der Waals surface area contributed by atoms with Crippen LogP contribution < -0.4 is 10.6 Å². The van der Waals surface area contributed by atoms with Crippen LogP contribution in [0.3, 0.4) is 0 Å². The van der Waals surface area contributed by atoms with E-state index in [4.69, 9.17) is 4.74 Å². The van der Waals surface area contributed by atoms with E-state index >= 15 is 0 Å². The van der Waals surface area contributed by atoms with Gasteiger partial charge in [-0.05, 0) is 59.1 Å². The predicted octanol–water partition coefficient (Wildman–Crippen LogP) is 4.88. The number of alkyl carbamates (subject to hydrolysis) is 1. The van der Waals surface area contributed by atoms with Crippen LogP contribution in [0.25, 0.3) is 11.1 Å². The topological polar surface area (TPSA) is 108 Å². The highest BCUT2D eigenvalue weighted by Crippen LogP contribution is 2.44. The first-order valence-electron chi connectivity index (χ1n) is 14.3. The van der Waals surface area contributed by atoms with Gasteiger partial charge in [-0.3, -0.25) is 9.69 Å². The van der Waals surface area contributed by atoms with Crippen molar-refractivity contribution in [3.8, 4) is 11.1 Å². The normalized spacial score (nSPS) is 16.6. The lowest BCUT2D eigenvalue weighted by atomic mass is 9.86. The van der Waals surface area contributed by atoms with Crippen molar-refractivity contribution in [2.75, 3.05) is 31.7 Å². The highest BCUT2D eigenvalue weighted by molar-refractivity contribution is 7.98. The van der Waals surface area contributed by atoms with Crippen molar-refractivity contribution in [3.63, 3.8) is 0 Å². The summed E-state index contributed by atoms with van der Waals surface area (Å²) in [5, 5.41) is 15.7. The van der Waals surface area contributed by atoms with Gasteiger partial charge in [0.1, 0.15) is 18.2 Å². The molecule has 1 saturated heterocycles. The number of ether oxygens (including phenoxy) is 1. The number of carbonyl (C=O) groups is 3. The number of fused-ring (bicyclic) bond motifs is 3. The molecule has 0 saturated carbocycles. The van der Waals surface area contributed by atoms with Crippen molar-refractivity contribution >= 4 is 29.7 Å². The van der Waals surface area contributed by atoms with Crippen molar-refractivity contribution in [2.24, 2.45) is 0 Å². The summed E-state index contributed by atoms with van der Waals surface area (Å²) in [7, 11) is 0. The second-order valence-corrected chi connectivity index (χ2v) is 11.9. The Kier molecular flexibility index (Phi) is 9.49. The number of piperidine rings is 1. The average molecular weight is 588 g/mol. The molecule has 5 rings (SSSR count). The van der Waals surface area contributed by atoms with Gasteiger partial charge < -0.3 is 20.5 Å². The summed E-state index contributed by atoms with van der Waals surface area (Å²) in [6, 6.07) is 25.3. The Balaban J connectivity index is 1.20. The molecule has 1 aliphatic carbocycles. The Morgan fingerprint density at radius 3 is 2.14 bits per heavy atom. The minimum absolute atomic E-state index is 0.0991. The highest BCUT2D eigenvalue weighted by Gasteiger charge is 2.44. The van der Waals surface area contributed by atoms with Crippen molar-refractivity contribution in [2.45, 2.75) is 43.3 Å². The van der Waals surface area contributed by atoms with Crippen LogP contribution in [0.2, 0.25) is 0 Å². The number of carboxylic acids is 1. The molecule has 0 spiro atoms. The molecule has 3 N–H and O–H groups in total. The molecule has 0 radical (unpaired) electrons. The lowest BCUT2D eigenvalue weighted by molar-refractivity contribution is -0.150. The molecular formula is C33H37N3O5S. The van der Waals surface area contributed by atoms with Crippen LogP contribution in [0.4, 0.5) is 4.79 Å². The van der Waals surface area contributed by atoms with Crippen LogP contribution in [-0.2, 0) is 20.9 Å². The Hall–Kier alpha value is -3.82. The lowest BCUT2D eigenvalue weighted by Gasteiger charge is -2.40. The molecule has 3 aromatic rings. The number of benzene rings is 3. The molecule has 2 amide bonds. The number of likely N-dealkylation sites (tertiary alicyclic amines) is 1. The predicted molar refractivity (Wildman–Crippen MR) is 164 cm³/mol. The van der Waals surface area contributed by atoms with E-state index in [1.54, 1.807) is 11.8 Å². The molecule has 220 valence electrons. The maximum Gasteiger partial charge on any atom is 0.407 e. The molecule has 9 heteroatoms. The fourth-order valence-electron chi connectivity index (χ4n) is 5.94. The van der Waals surface area contributed by atoms with Gasteiger partial charge in [-0.15, -0.1) is 0 Å². The van der Waals surface area contributed by atoms with E-state index in [2.05, 4.69) is 27.7 Å². The third kappa shape index (κ3) is 6.63. The van der Waals surface area contributed by atoms with Gasteiger partial charge >= 0.3 is 12.1 Å². The maximum absolute atomic E-state index is 13.5. The Bertz CT molecular complexity index is 1360. The fraction of sp³-hybridized carbons (Fsp3) is 0.364. The molecular weight excluding hydrogens is 550 g/mol. The van der Waals surface area contributed by atoms with Gasteiger partial charge in [-0.1, -0.05) is 78.9 Å². The van der Waals surface area contributed by atoms with E-state index in [-0.39, 0.29) is 25.4 Å². The third-order valence-corrected chi connectivity index (χ3v) is 8.94. The Labute approximate surface area is 250 Å². The Morgan fingerprint density at radius 1 is 0.952 bits per heavy atom. The van der Waals surface area contributed by atoms with Gasteiger partial charge in [-0.25, -0.2) is 9.59 Å². The number of rotatable bonds is 11. The molecule has 3 aromatic carbocycles. The van der Waals surface area contributed by atoms with Crippen molar-refractivity contribution in [1.29, 1.82) is 0 Å². The molecule has 0 bridgehead atoms. The molecule has 42 heavy (non-hydrogen) atoms. The van der Waals surface area contributed by atoms with E-state index in [0.29, 0.717) is 25.3 Å². The summed E-state index contributed by atoms with van der Waals surface area (Å²) < 4.78 is 5.67. The van der Waals surface area contributed by atoms with Crippen molar-refractivity contribution in [3.05, 3.63) is 95.6 Å². The van der Waals surface area contributed by atoms with E-state index < -0.39 is 29.6 Å². The quantitative estimate of drug-likeness (QED) is 0.293. The number of carboxylic acid groups (broad SMARTS) is 1. The maximum atomic E-state index is 13.5. The number of hydrogen-bond donors (Lipinski definition) is 3. The number of nitrogens with one attached hydrogen (secondary N) is 2. The van der Waals surface area contributed by atoms with Gasteiger partial charge in [0, 0.05) is 25.6 Å². The van der Waals surface area contributed by atoms with E-state index in [1.807, 2.05) is 73.0 Å². The first kappa shape index (κ1) is 29.7. The molecule has 1 heterocycles. The minimum Gasteiger partial charge on any atom is -0.480 e. The second kappa shape index (κ2) is 13.4. The van der Waals surface area contributed by atoms with Crippen LogP contribution in [0, 0.1) is 0 Å². The average Bonchev–Trinajstić information content (AvgIpc) is 3.33. The standard InChI is InChI=1S/C33H37N3O5S/c1-42-20-15-29(30(37)35-33(31(38)39)16-18-36(19-17-33)21-23-9-3-2-4-10-23)34-32(40)41-22-28-26-13-7-5-11-24(26)25-12-6-8-14-27(25)28/h2-14,28-29H,15-22H2,1H3,(H,34,40)(H,35,37)(H,38,39)/t29-/m1/s1. The first-order chi connectivity index (χ1) is 20.4. The molecule has 1 fully saturated rings. The summed E-state index contributed by atoms with van der Waals surface area (Å²) in [6.07, 6.45) is 2.14. The molecule has 1 atom stereocenters. The fourth-order valence-corrected chi connectivity index (χ4v) is 6.41. The largest absolute Gasteiger partial charge is 0.480 e. The summed E-state index contributed by atoms with van der Waals surface area (Å²) in [5.74, 6) is -1.04. The second-order valence-electron chi connectivity index (χ2n) is 10.9. The lowest BCUT2D eigenvalue weighted by Crippen LogP contribution is -2.63.